The minimum Gasteiger partial charge on any atom is -0.462 e. The van der Waals surface area contributed by atoms with Gasteiger partial charge in [0.1, 0.15) is 13.2 Å². The predicted molar refractivity (Wildman–Crippen MR) is 362 cm³/mol. The van der Waals surface area contributed by atoms with Crippen molar-refractivity contribution in [1.82, 2.24) is 0 Å². The number of hydrogen-bond donors (Lipinski definition) is 0. The molecular weight excluding hydrogens is 1020 g/mol. The number of allylic oxidation sites excluding steroid dienone is 16. The third kappa shape index (κ3) is 69.0. The van der Waals surface area contributed by atoms with Gasteiger partial charge in [0.25, 0.3) is 0 Å². The van der Waals surface area contributed by atoms with Crippen molar-refractivity contribution in [3.05, 3.63) is 97.2 Å². The van der Waals surface area contributed by atoms with Crippen LogP contribution in [0.1, 0.15) is 355 Å². The molecule has 83 heavy (non-hydrogen) atoms. The van der Waals surface area contributed by atoms with E-state index < -0.39 is 6.10 Å². The summed E-state index contributed by atoms with van der Waals surface area (Å²) in [5.74, 6) is -0.864. The quantitative estimate of drug-likeness (QED) is 0.0261. The Kier molecular flexibility index (Phi) is 67.7. The molecular formula is C77H134O6. The summed E-state index contributed by atoms with van der Waals surface area (Å²) in [6, 6.07) is 0. The Morgan fingerprint density at radius 1 is 0.253 bits per heavy atom. The van der Waals surface area contributed by atoms with E-state index >= 15 is 0 Å². The van der Waals surface area contributed by atoms with E-state index in [1.807, 2.05) is 0 Å². The molecule has 0 saturated carbocycles. The van der Waals surface area contributed by atoms with Gasteiger partial charge in [-0.3, -0.25) is 14.4 Å². The second kappa shape index (κ2) is 70.8. The van der Waals surface area contributed by atoms with E-state index in [1.54, 1.807) is 0 Å². The molecule has 0 aromatic carbocycles. The molecule has 478 valence electrons. The van der Waals surface area contributed by atoms with Crippen molar-refractivity contribution in [3.8, 4) is 0 Å². The van der Waals surface area contributed by atoms with Gasteiger partial charge in [-0.25, -0.2) is 0 Å². The van der Waals surface area contributed by atoms with Gasteiger partial charge in [-0.15, -0.1) is 0 Å². The second-order valence-electron chi connectivity index (χ2n) is 23.8. The van der Waals surface area contributed by atoms with Crippen molar-refractivity contribution in [3.63, 3.8) is 0 Å². The third-order valence-corrected chi connectivity index (χ3v) is 15.6. The Morgan fingerprint density at radius 3 is 0.759 bits per heavy atom. The first kappa shape index (κ1) is 79.3. The average Bonchev–Trinajstić information content (AvgIpc) is 3.49. The summed E-state index contributed by atoms with van der Waals surface area (Å²) >= 11 is 0. The van der Waals surface area contributed by atoms with Gasteiger partial charge in [0, 0.05) is 19.3 Å². The highest BCUT2D eigenvalue weighted by molar-refractivity contribution is 5.71. The standard InChI is InChI=1S/C77H134O6/c1-4-7-10-13-16-19-22-25-27-29-30-31-32-33-34-35-36-37-38-39-40-41-42-43-44-45-46-48-49-52-55-58-61-64-67-70-76(79)82-73-74(72-81-75(78)69-66-63-60-57-54-51-24-21-18-15-12-9-6-3)83-77(80)71-68-65-62-59-56-53-50-47-28-26-23-20-17-14-11-8-5-2/h7,10,16-17,19-20,25-28,30-31,33-34,36-37,74H,4-6,8-9,11-15,18,21-24,29,32,35,38-73H2,1-3H3/b10-7-,19-16-,20-17-,27-25-,28-26-,31-30-,34-33-,37-36-. The van der Waals surface area contributed by atoms with Gasteiger partial charge in [-0.1, -0.05) is 330 Å². The van der Waals surface area contributed by atoms with Crippen molar-refractivity contribution in [2.45, 2.75) is 361 Å². The van der Waals surface area contributed by atoms with E-state index in [9.17, 15) is 14.4 Å². The fourth-order valence-corrected chi connectivity index (χ4v) is 10.2. The number of hydrogen-bond acceptors (Lipinski definition) is 6. The molecule has 6 nitrogen and oxygen atoms in total. The van der Waals surface area contributed by atoms with E-state index in [0.717, 1.165) is 109 Å². The van der Waals surface area contributed by atoms with Gasteiger partial charge >= 0.3 is 17.9 Å². The summed E-state index contributed by atoms with van der Waals surface area (Å²) in [7, 11) is 0. The summed E-state index contributed by atoms with van der Waals surface area (Å²) in [4.78, 5) is 38.4. The van der Waals surface area contributed by atoms with Gasteiger partial charge in [0.15, 0.2) is 6.10 Å². The minimum atomic E-state index is -0.779. The molecule has 0 N–H and O–H groups in total. The Balaban J connectivity index is 4.16. The Bertz CT molecular complexity index is 1610. The molecule has 0 saturated heterocycles. The molecule has 0 fully saturated rings. The van der Waals surface area contributed by atoms with Crippen LogP contribution in [0.15, 0.2) is 97.2 Å². The number of carbonyl (C=O) groups is 3. The second-order valence-corrected chi connectivity index (χ2v) is 23.8. The molecule has 0 aliphatic rings. The normalized spacial score (nSPS) is 12.7. The summed E-state index contributed by atoms with van der Waals surface area (Å²) in [5, 5.41) is 0. The Labute approximate surface area is 515 Å². The lowest BCUT2D eigenvalue weighted by Gasteiger charge is -2.18. The number of ether oxygens (including phenoxy) is 3. The van der Waals surface area contributed by atoms with Crippen molar-refractivity contribution in [1.29, 1.82) is 0 Å². The van der Waals surface area contributed by atoms with E-state index in [0.29, 0.717) is 19.3 Å². The zero-order valence-electron chi connectivity index (χ0n) is 54.9. The highest BCUT2D eigenvalue weighted by atomic mass is 16.6. The fourth-order valence-electron chi connectivity index (χ4n) is 10.2. The maximum absolute atomic E-state index is 12.9. The summed E-state index contributed by atoms with van der Waals surface area (Å²) < 4.78 is 17.0. The number of esters is 3. The molecule has 0 aromatic rings. The van der Waals surface area contributed by atoms with Crippen LogP contribution in [0.4, 0.5) is 0 Å². The van der Waals surface area contributed by atoms with Crippen molar-refractivity contribution in [2.24, 2.45) is 0 Å². The molecule has 0 amide bonds. The molecule has 0 aliphatic carbocycles. The molecule has 1 unspecified atom stereocenters. The van der Waals surface area contributed by atoms with Crippen LogP contribution < -0.4 is 0 Å². The Hall–Kier alpha value is -3.67. The van der Waals surface area contributed by atoms with Crippen LogP contribution in [-0.4, -0.2) is 37.2 Å². The number of unbranched alkanes of at least 4 members (excludes halogenated alkanes) is 38. The number of rotatable bonds is 65. The topological polar surface area (TPSA) is 78.9 Å². The van der Waals surface area contributed by atoms with Crippen LogP contribution in [0.2, 0.25) is 0 Å². The minimum absolute atomic E-state index is 0.0749. The average molecular weight is 1160 g/mol. The molecule has 0 rings (SSSR count). The van der Waals surface area contributed by atoms with E-state index in [2.05, 4.69) is 118 Å². The van der Waals surface area contributed by atoms with Crippen molar-refractivity contribution in [2.75, 3.05) is 13.2 Å². The molecule has 0 aromatic heterocycles. The first-order chi connectivity index (χ1) is 41.0. The van der Waals surface area contributed by atoms with Gasteiger partial charge in [-0.05, 0) is 103 Å². The zero-order chi connectivity index (χ0) is 59.9. The maximum Gasteiger partial charge on any atom is 0.306 e. The first-order valence-electron chi connectivity index (χ1n) is 35.7. The van der Waals surface area contributed by atoms with Gasteiger partial charge in [0.2, 0.25) is 0 Å². The lowest BCUT2D eigenvalue weighted by atomic mass is 10.0. The highest BCUT2D eigenvalue weighted by Gasteiger charge is 2.19. The number of carbonyl (C=O) groups excluding carboxylic acids is 3. The van der Waals surface area contributed by atoms with E-state index in [4.69, 9.17) is 14.2 Å². The van der Waals surface area contributed by atoms with Crippen molar-refractivity contribution >= 4 is 17.9 Å². The van der Waals surface area contributed by atoms with Crippen LogP contribution in [0.25, 0.3) is 0 Å². The zero-order valence-corrected chi connectivity index (χ0v) is 54.9. The van der Waals surface area contributed by atoms with Gasteiger partial charge in [-0.2, -0.15) is 0 Å². The monoisotopic (exact) mass is 1160 g/mol. The third-order valence-electron chi connectivity index (χ3n) is 15.6. The van der Waals surface area contributed by atoms with Crippen molar-refractivity contribution < 1.29 is 28.6 Å². The van der Waals surface area contributed by atoms with Crippen LogP contribution in [0, 0.1) is 0 Å². The molecule has 0 heterocycles. The Morgan fingerprint density at radius 2 is 0.470 bits per heavy atom. The SMILES string of the molecule is CC/C=C\C/C=C\C/C=C\C/C=C\C/C=C\C/C=C\CCCCCCCCCCCCCCCCCCC(=O)OCC(COC(=O)CCCCCCCCCCCCCCC)OC(=O)CCCCCCCCC/C=C\C/C=C\CCCCC. The predicted octanol–water partition coefficient (Wildman–Crippen LogP) is 24.8. The lowest BCUT2D eigenvalue weighted by Crippen LogP contribution is -2.30. The van der Waals surface area contributed by atoms with Crippen LogP contribution >= 0.6 is 0 Å². The van der Waals surface area contributed by atoms with E-state index in [-0.39, 0.29) is 31.1 Å². The highest BCUT2D eigenvalue weighted by Crippen LogP contribution is 2.18. The van der Waals surface area contributed by atoms with E-state index in [1.165, 1.54) is 205 Å². The maximum atomic E-state index is 12.9. The fraction of sp³-hybridized carbons (Fsp3) is 0.753. The summed E-state index contributed by atoms with van der Waals surface area (Å²) in [6.45, 7) is 6.54. The largest absolute Gasteiger partial charge is 0.462 e. The molecule has 0 radical (unpaired) electrons. The summed E-state index contributed by atoms with van der Waals surface area (Å²) in [5.41, 5.74) is 0. The first-order valence-corrected chi connectivity index (χ1v) is 35.7. The molecule has 0 spiro atoms. The van der Waals surface area contributed by atoms with Crippen LogP contribution in [-0.2, 0) is 28.6 Å². The smallest absolute Gasteiger partial charge is 0.306 e. The molecule has 0 bridgehead atoms. The van der Waals surface area contributed by atoms with Gasteiger partial charge < -0.3 is 14.2 Å². The summed E-state index contributed by atoms with van der Waals surface area (Å²) in [6.07, 6.45) is 95.8. The molecule has 6 heteroatoms. The lowest BCUT2D eigenvalue weighted by molar-refractivity contribution is -0.167. The van der Waals surface area contributed by atoms with Gasteiger partial charge in [0.05, 0.1) is 0 Å². The molecule has 1 atom stereocenters. The van der Waals surface area contributed by atoms with Crippen LogP contribution in [0.5, 0.6) is 0 Å². The van der Waals surface area contributed by atoms with Crippen LogP contribution in [0.3, 0.4) is 0 Å². The molecule has 0 aliphatic heterocycles.